The lowest BCUT2D eigenvalue weighted by atomic mass is 9.91. The van der Waals surface area contributed by atoms with Gasteiger partial charge in [0, 0.05) is 6.42 Å². The second-order valence-corrected chi connectivity index (χ2v) is 7.80. The van der Waals surface area contributed by atoms with E-state index in [1.807, 2.05) is 32.1 Å². The smallest absolute Gasteiger partial charge is 0.0618 e. The van der Waals surface area contributed by atoms with Crippen molar-refractivity contribution < 1.29 is 0 Å². The third-order valence-corrected chi connectivity index (χ3v) is 4.71. The van der Waals surface area contributed by atoms with E-state index >= 15 is 0 Å². The van der Waals surface area contributed by atoms with Crippen LogP contribution in [0.4, 0.5) is 0 Å². The predicted octanol–water partition coefficient (Wildman–Crippen LogP) is 8.44. The zero-order valence-electron chi connectivity index (χ0n) is 21.7. The van der Waals surface area contributed by atoms with E-state index in [0.717, 1.165) is 5.57 Å². The molecule has 2 nitrogen and oxygen atoms in total. The maximum atomic E-state index is 7.62. The van der Waals surface area contributed by atoms with Crippen molar-refractivity contribution in [3.05, 3.63) is 76.9 Å². The third kappa shape index (κ3) is 15.1. The van der Waals surface area contributed by atoms with Gasteiger partial charge in [0.1, 0.15) is 0 Å². The van der Waals surface area contributed by atoms with Gasteiger partial charge < -0.3 is 4.90 Å². The van der Waals surface area contributed by atoms with Crippen LogP contribution in [0.2, 0.25) is 0 Å². The molecule has 0 saturated heterocycles. The molecule has 0 bridgehead atoms. The van der Waals surface area contributed by atoms with E-state index < -0.39 is 0 Å². The Labute approximate surface area is 193 Å². The minimum Gasteiger partial charge on any atom is -0.307 e. The summed E-state index contributed by atoms with van der Waals surface area (Å²) in [5.41, 5.74) is 7.48. The Hall–Kier alpha value is -2.37. The van der Waals surface area contributed by atoms with Gasteiger partial charge in [-0.2, -0.15) is 5.26 Å². The van der Waals surface area contributed by atoms with Gasteiger partial charge in [-0.15, -0.1) is 0 Å². The average Bonchev–Trinajstić information content (AvgIpc) is 2.74. The maximum Gasteiger partial charge on any atom is 0.0618 e. The van der Waals surface area contributed by atoms with Crippen LogP contribution >= 0.6 is 0 Å². The van der Waals surface area contributed by atoms with Gasteiger partial charge in [-0.1, -0.05) is 87.4 Å². The molecule has 0 N–H and O–H groups in total. The Balaban J connectivity index is 0. The lowest BCUT2D eigenvalue weighted by Gasteiger charge is -2.14. The zero-order chi connectivity index (χ0) is 24.2. The van der Waals surface area contributed by atoms with Crippen molar-refractivity contribution >= 4 is 5.57 Å². The van der Waals surface area contributed by atoms with E-state index in [1.165, 1.54) is 53.8 Å². The molecule has 31 heavy (non-hydrogen) atoms. The highest BCUT2D eigenvalue weighted by molar-refractivity contribution is 5.83. The number of hydrogen-bond acceptors (Lipinski definition) is 2. The summed E-state index contributed by atoms with van der Waals surface area (Å²) in [4.78, 5) is 2.34. The van der Waals surface area contributed by atoms with Crippen LogP contribution < -0.4 is 0 Å². The first-order chi connectivity index (χ1) is 14.7. The SMILES string of the molecule is C=C(C)\C(=C(C)/C=C\C=C/C)c1ccc(C)cc1C.CCC#N.CCCCN(C)CC. The Morgan fingerprint density at radius 2 is 1.74 bits per heavy atom. The normalized spacial score (nSPS) is 11.4. The van der Waals surface area contributed by atoms with Gasteiger partial charge in [0.15, 0.2) is 0 Å². The fourth-order valence-corrected chi connectivity index (χ4v) is 2.85. The Bertz CT molecular complexity index is 757. The van der Waals surface area contributed by atoms with E-state index in [1.54, 1.807) is 0 Å². The summed E-state index contributed by atoms with van der Waals surface area (Å²) in [6.45, 7) is 23.3. The van der Waals surface area contributed by atoms with E-state index in [9.17, 15) is 0 Å². The van der Waals surface area contributed by atoms with Crippen molar-refractivity contribution in [2.24, 2.45) is 0 Å². The molecule has 0 aliphatic heterocycles. The molecule has 0 aliphatic rings. The van der Waals surface area contributed by atoms with Gasteiger partial charge in [-0.3, -0.25) is 0 Å². The number of aryl methyl sites for hydroxylation is 2. The number of nitriles is 1. The molecule has 0 atom stereocenters. The van der Waals surface area contributed by atoms with E-state index in [2.05, 4.69) is 90.4 Å². The molecule has 0 aromatic heterocycles. The zero-order valence-corrected chi connectivity index (χ0v) is 21.7. The Kier molecular flexibility index (Phi) is 19.5. The van der Waals surface area contributed by atoms with E-state index in [0.29, 0.717) is 6.42 Å². The standard InChI is InChI=1S/C19H24.C7H17N.C3H5N/c1-7-8-9-10-16(5)19(14(2)3)18-12-11-15(4)13-17(18)6;1-4-6-7-8(3)5-2;1-2-3-4/h7-13H,2H2,1,3-6H3;4-7H2,1-3H3;2H2,1H3/b8-7-,10-9-,19-16+;;. The van der Waals surface area contributed by atoms with E-state index in [-0.39, 0.29) is 0 Å². The van der Waals surface area contributed by atoms with Crippen molar-refractivity contribution in [2.75, 3.05) is 20.1 Å². The molecule has 0 radical (unpaired) electrons. The molecule has 0 aliphatic carbocycles. The number of unbranched alkanes of at least 4 members (excludes halogenated alkanes) is 1. The highest BCUT2D eigenvalue weighted by Crippen LogP contribution is 2.29. The lowest BCUT2D eigenvalue weighted by Crippen LogP contribution is -2.18. The van der Waals surface area contributed by atoms with Crippen LogP contribution in [0, 0.1) is 25.2 Å². The van der Waals surface area contributed by atoms with Gasteiger partial charge in [-0.25, -0.2) is 0 Å². The number of rotatable bonds is 8. The topological polar surface area (TPSA) is 27.0 Å². The van der Waals surface area contributed by atoms with Gasteiger partial charge in [-0.05, 0) is 83.4 Å². The van der Waals surface area contributed by atoms with Crippen molar-refractivity contribution in [1.82, 2.24) is 4.90 Å². The second-order valence-electron chi connectivity index (χ2n) is 7.80. The molecule has 2 heteroatoms. The summed E-state index contributed by atoms with van der Waals surface area (Å²) in [7, 11) is 2.16. The van der Waals surface area contributed by atoms with Crippen molar-refractivity contribution in [3.63, 3.8) is 0 Å². The highest BCUT2D eigenvalue weighted by Gasteiger charge is 2.08. The fourth-order valence-electron chi connectivity index (χ4n) is 2.85. The highest BCUT2D eigenvalue weighted by atomic mass is 15.1. The Morgan fingerprint density at radius 3 is 2.16 bits per heavy atom. The quantitative estimate of drug-likeness (QED) is 0.393. The van der Waals surface area contributed by atoms with Crippen LogP contribution in [-0.2, 0) is 0 Å². The molecule has 1 rings (SSSR count). The summed E-state index contributed by atoms with van der Waals surface area (Å²) in [6.07, 6.45) is 11.6. The summed E-state index contributed by atoms with van der Waals surface area (Å²) >= 11 is 0. The van der Waals surface area contributed by atoms with Crippen molar-refractivity contribution in [1.29, 1.82) is 5.26 Å². The van der Waals surface area contributed by atoms with Crippen molar-refractivity contribution in [2.45, 2.75) is 74.7 Å². The van der Waals surface area contributed by atoms with Gasteiger partial charge in [0.2, 0.25) is 0 Å². The molecule has 0 saturated carbocycles. The van der Waals surface area contributed by atoms with Crippen LogP contribution in [0.15, 0.2) is 60.2 Å². The average molecular weight is 423 g/mol. The number of nitrogens with zero attached hydrogens (tertiary/aromatic N) is 2. The summed E-state index contributed by atoms with van der Waals surface area (Å²) in [5.74, 6) is 0. The molecule has 1 aromatic rings. The van der Waals surface area contributed by atoms with E-state index in [4.69, 9.17) is 5.26 Å². The van der Waals surface area contributed by atoms with Gasteiger partial charge in [0.05, 0.1) is 6.07 Å². The minimum absolute atomic E-state index is 0.625. The van der Waals surface area contributed by atoms with Crippen LogP contribution in [0.5, 0.6) is 0 Å². The molecule has 0 amide bonds. The second kappa shape index (κ2) is 19.6. The van der Waals surface area contributed by atoms with Gasteiger partial charge in [0.25, 0.3) is 0 Å². The maximum absolute atomic E-state index is 7.62. The molecule has 0 fully saturated rings. The fraction of sp³-hybridized carbons (Fsp3) is 0.483. The Morgan fingerprint density at radius 1 is 1.13 bits per heavy atom. The summed E-state index contributed by atoms with van der Waals surface area (Å²) in [6, 6.07) is 8.51. The molecule has 0 spiro atoms. The molecule has 172 valence electrons. The molecule has 0 heterocycles. The first-order valence-electron chi connectivity index (χ1n) is 11.5. The molecule has 1 aromatic carbocycles. The summed E-state index contributed by atoms with van der Waals surface area (Å²) < 4.78 is 0. The largest absolute Gasteiger partial charge is 0.307 e. The van der Waals surface area contributed by atoms with Gasteiger partial charge >= 0.3 is 0 Å². The number of benzene rings is 1. The monoisotopic (exact) mass is 422 g/mol. The first-order valence-corrected chi connectivity index (χ1v) is 11.5. The predicted molar refractivity (Wildman–Crippen MR) is 141 cm³/mol. The number of allylic oxidation sites excluding steroid dienone is 7. The lowest BCUT2D eigenvalue weighted by molar-refractivity contribution is 0.346. The molecule has 0 unspecified atom stereocenters. The van der Waals surface area contributed by atoms with Crippen LogP contribution in [0.3, 0.4) is 0 Å². The first kappa shape index (κ1) is 30.8. The third-order valence-electron chi connectivity index (χ3n) is 4.71. The van der Waals surface area contributed by atoms with Crippen molar-refractivity contribution in [3.8, 4) is 6.07 Å². The number of hydrogen-bond donors (Lipinski definition) is 0. The molecular weight excluding hydrogens is 376 g/mol. The van der Waals surface area contributed by atoms with Crippen LogP contribution in [-0.4, -0.2) is 25.0 Å². The molecular formula is C29H46N2. The van der Waals surface area contributed by atoms with Crippen LogP contribution in [0.1, 0.15) is 77.5 Å². The van der Waals surface area contributed by atoms with Crippen LogP contribution in [0.25, 0.3) is 5.57 Å². The summed E-state index contributed by atoms with van der Waals surface area (Å²) in [5, 5.41) is 7.62. The minimum atomic E-state index is 0.625.